The number of piperidine rings is 1. The van der Waals surface area contributed by atoms with E-state index in [0.29, 0.717) is 26.1 Å². The standard InChI is InChI=1S/C14H23NO4/c1-14(2,3)19-13(17)15-6-4-12(16)11(8-15)10-5-7-18-9-10/h10-11H,4-9H2,1-3H3/t10-,11+/m0/s1. The number of hydrogen-bond donors (Lipinski definition) is 0. The lowest BCUT2D eigenvalue weighted by Gasteiger charge is -2.35. The van der Waals surface area contributed by atoms with E-state index in [4.69, 9.17) is 9.47 Å². The summed E-state index contributed by atoms with van der Waals surface area (Å²) in [6, 6.07) is 0. The van der Waals surface area contributed by atoms with Gasteiger partial charge in [-0.25, -0.2) is 4.79 Å². The number of nitrogens with zero attached hydrogens (tertiary/aromatic N) is 1. The van der Waals surface area contributed by atoms with Gasteiger partial charge in [0.25, 0.3) is 0 Å². The Bertz CT molecular complexity index is 355. The van der Waals surface area contributed by atoms with Gasteiger partial charge < -0.3 is 14.4 Å². The highest BCUT2D eigenvalue weighted by Crippen LogP contribution is 2.28. The summed E-state index contributed by atoms with van der Waals surface area (Å²) >= 11 is 0. The topological polar surface area (TPSA) is 55.8 Å². The zero-order valence-electron chi connectivity index (χ0n) is 12.0. The molecule has 2 saturated heterocycles. The molecule has 0 aromatic heterocycles. The Balaban J connectivity index is 1.96. The minimum atomic E-state index is -0.496. The lowest BCUT2D eigenvalue weighted by atomic mass is 9.84. The first-order chi connectivity index (χ1) is 8.87. The molecule has 2 aliphatic rings. The van der Waals surface area contributed by atoms with Crippen molar-refractivity contribution in [1.82, 2.24) is 4.90 Å². The Labute approximate surface area is 114 Å². The molecule has 0 spiro atoms. The van der Waals surface area contributed by atoms with Crippen LogP contribution in [0.15, 0.2) is 0 Å². The first-order valence-electron chi connectivity index (χ1n) is 6.95. The van der Waals surface area contributed by atoms with E-state index in [9.17, 15) is 9.59 Å². The van der Waals surface area contributed by atoms with E-state index in [2.05, 4.69) is 0 Å². The van der Waals surface area contributed by atoms with E-state index in [-0.39, 0.29) is 23.7 Å². The first-order valence-corrected chi connectivity index (χ1v) is 6.95. The van der Waals surface area contributed by atoms with Gasteiger partial charge in [0.1, 0.15) is 11.4 Å². The van der Waals surface area contributed by atoms with Crippen LogP contribution in [-0.2, 0) is 14.3 Å². The van der Waals surface area contributed by atoms with Crippen LogP contribution in [0.2, 0.25) is 0 Å². The van der Waals surface area contributed by atoms with Crippen molar-refractivity contribution in [3.63, 3.8) is 0 Å². The Hall–Kier alpha value is -1.10. The summed E-state index contributed by atoms with van der Waals surface area (Å²) < 4.78 is 10.7. The molecule has 0 bridgehead atoms. The van der Waals surface area contributed by atoms with Gasteiger partial charge in [-0.15, -0.1) is 0 Å². The van der Waals surface area contributed by atoms with Gasteiger partial charge in [-0.3, -0.25) is 4.79 Å². The van der Waals surface area contributed by atoms with Crippen molar-refractivity contribution in [2.24, 2.45) is 11.8 Å². The Morgan fingerprint density at radius 1 is 1.42 bits per heavy atom. The van der Waals surface area contributed by atoms with Gasteiger partial charge in [0.2, 0.25) is 0 Å². The van der Waals surface area contributed by atoms with Crippen molar-refractivity contribution in [2.75, 3.05) is 26.3 Å². The maximum Gasteiger partial charge on any atom is 0.410 e. The van der Waals surface area contributed by atoms with Crippen molar-refractivity contribution in [2.45, 2.75) is 39.2 Å². The molecule has 0 N–H and O–H groups in total. The van der Waals surface area contributed by atoms with Gasteiger partial charge in [-0.05, 0) is 33.1 Å². The number of ether oxygens (including phenoxy) is 2. The molecule has 5 nitrogen and oxygen atoms in total. The number of ketones is 1. The van der Waals surface area contributed by atoms with Gasteiger partial charge in [0.05, 0.1) is 6.61 Å². The molecule has 2 aliphatic heterocycles. The Kier molecular flexibility index (Phi) is 4.13. The van der Waals surface area contributed by atoms with Crippen LogP contribution >= 0.6 is 0 Å². The zero-order valence-corrected chi connectivity index (χ0v) is 12.0. The molecule has 2 heterocycles. The molecular weight excluding hydrogens is 246 g/mol. The minimum Gasteiger partial charge on any atom is -0.444 e. The highest BCUT2D eigenvalue weighted by Gasteiger charge is 2.37. The van der Waals surface area contributed by atoms with Crippen molar-refractivity contribution in [1.29, 1.82) is 0 Å². The first kappa shape index (κ1) is 14.3. The number of amides is 1. The highest BCUT2D eigenvalue weighted by molar-refractivity contribution is 5.84. The van der Waals surface area contributed by atoms with Gasteiger partial charge >= 0.3 is 6.09 Å². The molecule has 108 valence electrons. The van der Waals surface area contributed by atoms with Crippen LogP contribution in [0.5, 0.6) is 0 Å². The molecule has 2 atom stereocenters. The molecule has 5 heteroatoms. The van der Waals surface area contributed by atoms with Crippen LogP contribution in [0.1, 0.15) is 33.6 Å². The average molecular weight is 269 g/mol. The van der Waals surface area contributed by atoms with E-state index in [0.717, 1.165) is 13.0 Å². The fraction of sp³-hybridized carbons (Fsp3) is 0.857. The van der Waals surface area contributed by atoms with Crippen LogP contribution in [0, 0.1) is 11.8 Å². The largest absolute Gasteiger partial charge is 0.444 e. The Morgan fingerprint density at radius 2 is 2.16 bits per heavy atom. The third-order valence-electron chi connectivity index (χ3n) is 3.64. The molecule has 2 rings (SSSR count). The van der Waals surface area contributed by atoms with Gasteiger partial charge in [-0.1, -0.05) is 0 Å². The molecule has 1 amide bonds. The van der Waals surface area contributed by atoms with Crippen molar-refractivity contribution >= 4 is 11.9 Å². The molecule has 0 unspecified atom stereocenters. The SMILES string of the molecule is CC(C)(C)OC(=O)N1CCC(=O)[C@@H]([C@H]2CCOC2)C1. The summed E-state index contributed by atoms with van der Waals surface area (Å²) in [6.45, 7) is 7.85. The molecule has 0 aliphatic carbocycles. The maximum absolute atomic E-state index is 12.0. The number of likely N-dealkylation sites (tertiary alicyclic amines) is 1. The smallest absolute Gasteiger partial charge is 0.410 e. The third-order valence-corrected chi connectivity index (χ3v) is 3.64. The lowest BCUT2D eigenvalue weighted by molar-refractivity contribution is -0.128. The zero-order chi connectivity index (χ0) is 14.0. The molecule has 19 heavy (non-hydrogen) atoms. The second-order valence-corrected chi connectivity index (χ2v) is 6.37. The summed E-state index contributed by atoms with van der Waals surface area (Å²) in [7, 11) is 0. The summed E-state index contributed by atoms with van der Waals surface area (Å²) in [6.07, 6.45) is 1.03. The second kappa shape index (κ2) is 5.49. The molecule has 0 aromatic rings. The quantitative estimate of drug-likeness (QED) is 0.729. The number of hydrogen-bond acceptors (Lipinski definition) is 4. The fourth-order valence-electron chi connectivity index (χ4n) is 2.64. The molecule has 0 radical (unpaired) electrons. The summed E-state index contributed by atoms with van der Waals surface area (Å²) in [5, 5.41) is 0. The lowest BCUT2D eigenvalue weighted by Crippen LogP contribution is -2.48. The number of Topliss-reactive ketones (excluding diaryl/α,β-unsaturated/α-hetero) is 1. The van der Waals surface area contributed by atoms with E-state index >= 15 is 0 Å². The van der Waals surface area contributed by atoms with Gasteiger partial charge in [0, 0.05) is 32.0 Å². The molecular formula is C14H23NO4. The van der Waals surface area contributed by atoms with E-state index in [1.807, 2.05) is 20.8 Å². The van der Waals surface area contributed by atoms with Crippen molar-refractivity contribution in [3.05, 3.63) is 0 Å². The van der Waals surface area contributed by atoms with Crippen molar-refractivity contribution in [3.8, 4) is 0 Å². The molecule has 0 aromatic carbocycles. The number of rotatable bonds is 1. The highest BCUT2D eigenvalue weighted by atomic mass is 16.6. The average Bonchev–Trinajstić information content (AvgIpc) is 2.80. The number of carbonyl (C=O) groups excluding carboxylic acids is 2. The minimum absolute atomic E-state index is 0.0798. The molecule has 0 saturated carbocycles. The predicted molar refractivity (Wildman–Crippen MR) is 69.8 cm³/mol. The number of carbonyl (C=O) groups is 2. The summed E-state index contributed by atoms with van der Waals surface area (Å²) in [5.74, 6) is 0.441. The summed E-state index contributed by atoms with van der Waals surface area (Å²) in [4.78, 5) is 25.7. The van der Waals surface area contributed by atoms with Crippen LogP contribution < -0.4 is 0 Å². The fourth-order valence-corrected chi connectivity index (χ4v) is 2.64. The monoisotopic (exact) mass is 269 g/mol. The van der Waals surface area contributed by atoms with Crippen molar-refractivity contribution < 1.29 is 19.1 Å². The van der Waals surface area contributed by atoms with Gasteiger partial charge in [0.15, 0.2) is 0 Å². The van der Waals surface area contributed by atoms with Crippen LogP contribution in [-0.4, -0.2) is 48.7 Å². The summed E-state index contributed by atoms with van der Waals surface area (Å²) in [5.41, 5.74) is -0.496. The van der Waals surface area contributed by atoms with Crippen LogP contribution in [0.4, 0.5) is 4.79 Å². The van der Waals surface area contributed by atoms with Crippen LogP contribution in [0.25, 0.3) is 0 Å². The normalized spacial score (nSPS) is 28.6. The van der Waals surface area contributed by atoms with E-state index in [1.54, 1.807) is 4.90 Å². The van der Waals surface area contributed by atoms with E-state index < -0.39 is 5.60 Å². The van der Waals surface area contributed by atoms with Gasteiger partial charge in [-0.2, -0.15) is 0 Å². The predicted octanol–water partition coefficient (Wildman–Crippen LogP) is 1.85. The van der Waals surface area contributed by atoms with Crippen LogP contribution in [0.3, 0.4) is 0 Å². The second-order valence-electron chi connectivity index (χ2n) is 6.37. The maximum atomic E-state index is 12.0. The molecule has 2 fully saturated rings. The third kappa shape index (κ3) is 3.69. The van der Waals surface area contributed by atoms with E-state index in [1.165, 1.54) is 0 Å². The Morgan fingerprint density at radius 3 is 2.74 bits per heavy atom.